The van der Waals surface area contributed by atoms with Gasteiger partial charge >= 0.3 is 0 Å². The highest BCUT2D eigenvalue weighted by atomic mass is 14.3. The lowest BCUT2D eigenvalue weighted by molar-refractivity contribution is 0.854. The molecule has 3 aromatic rings. The number of nitrogens with zero attached hydrogens (tertiary/aromatic N) is 2. The molecular weight excluding hydrogens is 268 g/mol. The third-order valence-corrected chi connectivity index (χ3v) is 3.88. The van der Waals surface area contributed by atoms with Gasteiger partial charge in [-0.1, -0.05) is 54.6 Å². The maximum Gasteiger partial charge on any atom is 0.0991 e. The molecule has 0 amide bonds. The van der Waals surface area contributed by atoms with E-state index >= 15 is 0 Å². The maximum atomic E-state index is 9.54. The molecule has 0 saturated heterocycles. The number of fused-ring (bicyclic) bond motifs is 1. The zero-order valence-corrected chi connectivity index (χ0v) is 12.0. The Balaban J connectivity index is 1.99. The van der Waals surface area contributed by atoms with E-state index in [1.54, 1.807) is 12.1 Å². The Morgan fingerprint density at radius 2 is 1.64 bits per heavy atom. The Bertz CT molecular complexity index is 892. The first-order chi connectivity index (χ1) is 10.8. The SMILES string of the molecule is N#Cc1cccc(C(C#N)Cc2cccc3ccccc23)c1. The standard InChI is InChI=1S/C20H14N2/c21-13-15-5-3-8-17(11-15)19(14-22)12-18-9-4-7-16-6-1-2-10-20(16)18/h1-11,19H,12H2. The second-order valence-electron chi connectivity index (χ2n) is 5.26. The average molecular weight is 282 g/mol. The number of rotatable bonds is 3. The van der Waals surface area contributed by atoms with Crippen molar-refractivity contribution in [2.24, 2.45) is 0 Å². The van der Waals surface area contributed by atoms with Crippen molar-refractivity contribution in [3.63, 3.8) is 0 Å². The molecular formula is C20H14N2. The fourth-order valence-electron chi connectivity index (χ4n) is 2.75. The topological polar surface area (TPSA) is 47.6 Å². The molecule has 2 heteroatoms. The summed E-state index contributed by atoms with van der Waals surface area (Å²) in [6.45, 7) is 0. The number of hydrogen-bond donors (Lipinski definition) is 0. The monoisotopic (exact) mass is 282 g/mol. The molecule has 0 aliphatic carbocycles. The highest BCUT2D eigenvalue weighted by Gasteiger charge is 2.13. The van der Waals surface area contributed by atoms with Gasteiger partial charge in [0.05, 0.1) is 23.6 Å². The van der Waals surface area contributed by atoms with E-state index < -0.39 is 0 Å². The van der Waals surface area contributed by atoms with Crippen LogP contribution in [0.15, 0.2) is 66.7 Å². The minimum Gasteiger partial charge on any atom is -0.198 e. The van der Waals surface area contributed by atoms with Gasteiger partial charge in [0.2, 0.25) is 0 Å². The Hall–Kier alpha value is -3.10. The smallest absolute Gasteiger partial charge is 0.0991 e. The summed E-state index contributed by atoms with van der Waals surface area (Å²) in [5, 5.41) is 20.9. The van der Waals surface area contributed by atoms with Crippen molar-refractivity contribution >= 4 is 10.8 Å². The second-order valence-corrected chi connectivity index (χ2v) is 5.26. The fourth-order valence-corrected chi connectivity index (χ4v) is 2.75. The lowest BCUT2D eigenvalue weighted by Crippen LogP contribution is -2.01. The summed E-state index contributed by atoms with van der Waals surface area (Å²) in [5.41, 5.74) is 2.65. The van der Waals surface area contributed by atoms with Crippen LogP contribution in [0.25, 0.3) is 10.8 Å². The van der Waals surface area contributed by atoms with Crippen LogP contribution in [0.5, 0.6) is 0 Å². The molecule has 0 fully saturated rings. The first-order valence-corrected chi connectivity index (χ1v) is 7.18. The van der Waals surface area contributed by atoms with Gasteiger partial charge in [-0.05, 0) is 40.5 Å². The minimum atomic E-state index is -0.251. The first-order valence-electron chi connectivity index (χ1n) is 7.18. The van der Waals surface area contributed by atoms with Gasteiger partial charge in [0.15, 0.2) is 0 Å². The summed E-state index contributed by atoms with van der Waals surface area (Å²) in [6.07, 6.45) is 0.646. The van der Waals surface area contributed by atoms with Crippen LogP contribution in [-0.4, -0.2) is 0 Å². The molecule has 0 aliphatic rings. The molecule has 0 heterocycles. The molecule has 0 saturated carbocycles. The molecule has 1 unspecified atom stereocenters. The zero-order valence-electron chi connectivity index (χ0n) is 12.0. The van der Waals surface area contributed by atoms with Crippen LogP contribution in [-0.2, 0) is 6.42 Å². The van der Waals surface area contributed by atoms with Gasteiger partial charge in [0, 0.05) is 0 Å². The molecule has 0 aliphatic heterocycles. The van der Waals surface area contributed by atoms with Crippen molar-refractivity contribution in [1.29, 1.82) is 10.5 Å². The van der Waals surface area contributed by atoms with Crippen LogP contribution >= 0.6 is 0 Å². The van der Waals surface area contributed by atoms with E-state index in [-0.39, 0.29) is 5.92 Å². The Morgan fingerprint density at radius 3 is 2.45 bits per heavy atom. The van der Waals surface area contributed by atoms with Gasteiger partial charge in [-0.3, -0.25) is 0 Å². The van der Waals surface area contributed by atoms with Crippen molar-refractivity contribution in [2.45, 2.75) is 12.3 Å². The number of benzene rings is 3. The molecule has 3 aromatic carbocycles. The quantitative estimate of drug-likeness (QED) is 0.707. The van der Waals surface area contributed by atoms with Crippen LogP contribution < -0.4 is 0 Å². The highest BCUT2D eigenvalue weighted by Crippen LogP contribution is 2.26. The molecule has 0 radical (unpaired) electrons. The molecule has 0 N–H and O–H groups in total. The van der Waals surface area contributed by atoms with Gasteiger partial charge in [-0.15, -0.1) is 0 Å². The average Bonchev–Trinajstić information content (AvgIpc) is 2.59. The zero-order chi connectivity index (χ0) is 15.4. The van der Waals surface area contributed by atoms with E-state index in [1.165, 1.54) is 10.8 Å². The Kier molecular flexibility index (Phi) is 3.86. The minimum absolute atomic E-state index is 0.251. The molecule has 3 rings (SSSR count). The summed E-state index contributed by atoms with van der Waals surface area (Å²) in [7, 11) is 0. The van der Waals surface area contributed by atoms with Gasteiger partial charge in [0.1, 0.15) is 0 Å². The largest absolute Gasteiger partial charge is 0.198 e. The van der Waals surface area contributed by atoms with Crippen LogP contribution in [0.1, 0.15) is 22.6 Å². The summed E-state index contributed by atoms with van der Waals surface area (Å²) >= 11 is 0. The Morgan fingerprint density at radius 1 is 0.864 bits per heavy atom. The number of hydrogen-bond acceptors (Lipinski definition) is 2. The number of nitriles is 2. The van der Waals surface area contributed by atoms with Crippen molar-refractivity contribution in [3.8, 4) is 12.1 Å². The fraction of sp³-hybridized carbons (Fsp3) is 0.100. The normalized spacial score (nSPS) is 11.5. The van der Waals surface area contributed by atoms with E-state index in [2.05, 4.69) is 36.4 Å². The highest BCUT2D eigenvalue weighted by molar-refractivity contribution is 5.85. The predicted octanol–water partition coefficient (Wildman–Crippen LogP) is 4.56. The van der Waals surface area contributed by atoms with E-state index in [1.807, 2.05) is 30.3 Å². The third-order valence-electron chi connectivity index (χ3n) is 3.88. The predicted molar refractivity (Wildman–Crippen MR) is 87.2 cm³/mol. The van der Waals surface area contributed by atoms with Crippen LogP contribution in [0.4, 0.5) is 0 Å². The lowest BCUT2D eigenvalue weighted by Gasteiger charge is -2.12. The van der Waals surface area contributed by atoms with E-state index in [0.717, 1.165) is 11.1 Å². The van der Waals surface area contributed by atoms with Crippen LogP contribution in [0, 0.1) is 22.7 Å². The van der Waals surface area contributed by atoms with Gasteiger partial charge in [-0.25, -0.2) is 0 Å². The summed E-state index contributed by atoms with van der Waals surface area (Å²) < 4.78 is 0. The summed E-state index contributed by atoms with van der Waals surface area (Å²) in [4.78, 5) is 0. The van der Waals surface area contributed by atoms with Gasteiger partial charge < -0.3 is 0 Å². The van der Waals surface area contributed by atoms with Crippen LogP contribution in [0.3, 0.4) is 0 Å². The summed E-state index contributed by atoms with van der Waals surface area (Å²) in [6, 6.07) is 26.2. The third kappa shape index (κ3) is 2.68. The molecule has 0 bridgehead atoms. The van der Waals surface area contributed by atoms with Gasteiger partial charge in [-0.2, -0.15) is 10.5 Å². The second kappa shape index (κ2) is 6.12. The van der Waals surface area contributed by atoms with Crippen molar-refractivity contribution < 1.29 is 0 Å². The van der Waals surface area contributed by atoms with Gasteiger partial charge in [0.25, 0.3) is 0 Å². The molecule has 104 valence electrons. The van der Waals surface area contributed by atoms with Crippen LogP contribution in [0.2, 0.25) is 0 Å². The van der Waals surface area contributed by atoms with Crippen molar-refractivity contribution in [1.82, 2.24) is 0 Å². The maximum absolute atomic E-state index is 9.54. The lowest BCUT2D eigenvalue weighted by atomic mass is 9.90. The van der Waals surface area contributed by atoms with E-state index in [0.29, 0.717) is 12.0 Å². The first kappa shape index (κ1) is 13.9. The molecule has 22 heavy (non-hydrogen) atoms. The molecule has 0 aromatic heterocycles. The summed E-state index contributed by atoms with van der Waals surface area (Å²) in [5.74, 6) is -0.251. The van der Waals surface area contributed by atoms with Crippen molar-refractivity contribution in [3.05, 3.63) is 83.4 Å². The molecule has 2 nitrogen and oxygen atoms in total. The molecule has 0 spiro atoms. The Labute approximate surface area is 129 Å². The van der Waals surface area contributed by atoms with E-state index in [4.69, 9.17) is 5.26 Å². The molecule has 1 atom stereocenters. The van der Waals surface area contributed by atoms with Crippen molar-refractivity contribution in [2.75, 3.05) is 0 Å². The van der Waals surface area contributed by atoms with E-state index in [9.17, 15) is 5.26 Å².